The number of pyridine rings is 1. The maximum Gasteiger partial charge on any atom is 0.129 e. The molecule has 2 rings (SSSR count). The summed E-state index contributed by atoms with van der Waals surface area (Å²) in [5.74, 6) is 0. The van der Waals surface area contributed by atoms with Crippen LogP contribution in [0.3, 0.4) is 0 Å². The Morgan fingerprint density at radius 3 is 2.53 bits per heavy atom. The van der Waals surface area contributed by atoms with Gasteiger partial charge >= 0.3 is 0 Å². The lowest BCUT2D eigenvalue weighted by Gasteiger charge is -2.07. The van der Waals surface area contributed by atoms with E-state index in [0.29, 0.717) is 10.0 Å². The maximum absolute atomic E-state index is 5.81. The smallest absolute Gasteiger partial charge is 0.129 e. The summed E-state index contributed by atoms with van der Waals surface area (Å²) in [4.78, 5) is 4.96. The molecule has 2 nitrogen and oxygen atoms in total. The molecule has 0 unspecified atom stereocenters. The molecule has 1 aromatic heterocycles. The van der Waals surface area contributed by atoms with Crippen LogP contribution in [0.5, 0.6) is 0 Å². The summed E-state index contributed by atoms with van der Waals surface area (Å²) in [5, 5.41) is 3.83. The van der Waals surface area contributed by atoms with Crippen molar-refractivity contribution in [3.8, 4) is 0 Å². The van der Waals surface area contributed by atoms with E-state index in [-0.39, 0.29) is 0 Å². The molecule has 1 heterocycles. The second kappa shape index (κ2) is 5.25. The molecule has 86 valence electrons. The standard InChI is InChI=1S/C13H11ClN2S/c1-9-3-2-4-12(15-9)13(17)16-11-7-5-10(14)6-8-11/h2-8H,1H3,(H,16,17). The van der Waals surface area contributed by atoms with Crippen molar-refractivity contribution < 1.29 is 0 Å². The number of nitrogens with zero attached hydrogens (tertiary/aromatic N) is 1. The zero-order chi connectivity index (χ0) is 12.3. The number of hydrogen-bond donors (Lipinski definition) is 1. The molecule has 0 aliphatic rings. The van der Waals surface area contributed by atoms with Crippen LogP contribution >= 0.6 is 23.8 Å². The van der Waals surface area contributed by atoms with Crippen molar-refractivity contribution in [2.45, 2.75) is 6.92 Å². The van der Waals surface area contributed by atoms with E-state index < -0.39 is 0 Å². The van der Waals surface area contributed by atoms with E-state index in [4.69, 9.17) is 23.8 Å². The average molecular weight is 263 g/mol. The molecule has 0 spiro atoms. The van der Waals surface area contributed by atoms with Crippen molar-refractivity contribution in [1.29, 1.82) is 0 Å². The number of aromatic nitrogens is 1. The summed E-state index contributed by atoms with van der Waals surface area (Å²) in [6.07, 6.45) is 0. The number of aryl methyl sites for hydroxylation is 1. The number of halogens is 1. The highest BCUT2D eigenvalue weighted by Gasteiger charge is 2.03. The first-order chi connectivity index (χ1) is 8.15. The fraction of sp³-hybridized carbons (Fsp3) is 0.0769. The predicted molar refractivity (Wildman–Crippen MR) is 75.7 cm³/mol. The van der Waals surface area contributed by atoms with Crippen LogP contribution in [0.4, 0.5) is 5.69 Å². The van der Waals surface area contributed by atoms with Crippen molar-refractivity contribution >= 4 is 34.5 Å². The summed E-state index contributed by atoms with van der Waals surface area (Å²) < 4.78 is 0. The van der Waals surface area contributed by atoms with E-state index >= 15 is 0 Å². The van der Waals surface area contributed by atoms with Crippen molar-refractivity contribution in [1.82, 2.24) is 4.98 Å². The van der Waals surface area contributed by atoms with Gasteiger partial charge in [-0.3, -0.25) is 4.98 Å². The normalized spacial score (nSPS) is 10.0. The monoisotopic (exact) mass is 262 g/mol. The van der Waals surface area contributed by atoms with Gasteiger partial charge in [-0.2, -0.15) is 0 Å². The zero-order valence-corrected chi connectivity index (χ0v) is 10.8. The van der Waals surface area contributed by atoms with Crippen molar-refractivity contribution in [3.63, 3.8) is 0 Å². The van der Waals surface area contributed by atoms with Crippen LogP contribution in [0.1, 0.15) is 11.4 Å². The summed E-state index contributed by atoms with van der Waals surface area (Å²) in [5.41, 5.74) is 2.63. The van der Waals surface area contributed by atoms with E-state index in [9.17, 15) is 0 Å². The first kappa shape index (κ1) is 12.0. The molecule has 0 amide bonds. The third kappa shape index (κ3) is 3.25. The van der Waals surface area contributed by atoms with Gasteiger partial charge in [0.05, 0.1) is 5.69 Å². The molecule has 0 aliphatic heterocycles. The molecule has 0 saturated heterocycles. The molecule has 1 aromatic carbocycles. The van der Waals surface area contributed by atoms with Crippen LogP contribution in [-0.4, -0.2) is 9.97 Å². The van der Waals surface area contributed by atoms with Gasteiger partial charge < -0.3 is 5.32 Å². The Labute approximate surface area is 111 Å². The van der Waals surface area contributed by atoms with Crippen LogP contribution in [0.15, 0.2) is 42.5 Å². The Hall–Kier alpha value is -1.45. The molecule has 0 aliphatic carbocycles. The Kier molecular flexibility index (Phi) is 3.71. The second-order valence-electron chi connectivity index (χ2n) is 3.63. The molecular weight excluding hydrogens is 252 g/mol. The van der Waals surface area contributed by atoms with Gasteiger partial charge in [0, 0.05) is 16.4 Å². The molecule has 0 saturated carbocycles. The Bertz CT molecular complexity index is 537. The lowest BCUT2D eigenvalue weighted by Crippen LogP contribution is -2.12. The van der Waals surface area contributed by atoms with Gasteiger partial charge in [-0.05, 0) is 43.3 Å². The third-order valence-electron chi connectivity index (χ3n) is 2.22. The van der Waals surface area contributed by atoms with Gasteiger partial charge in [0.2, 0.25) is 0 Å². The zero-order valence-electron chi connectivity index (χ0n) is 9.27. The van der Waals surface area contributed by atoms with Crippen LogP contribution in [0, 0.1) is 6.92 Å². The van der Waals surface area contributed by atoms with Gasteiger partial charge in [-0.25, -0.2) is 0 Å². The van der Waals surface area contributed by atoms with Crippen molar-refractivity contribution in [3.05, 3.63) is 58.9 Å². The van der Waals surface area contributed by atoms with Crippen LogP contribution < -0.4 is 5.32 Å². The quantitative estimate of drug-likeness (QED) is 0.833. The molecule has 0 radical (unpaired) electrons. The maximum atomic E-state index is 5.81. The summed E-state index contributed by atoms with van der Waals surface area (Å²) in [7, 11) is 0. The average Bonchev–Trinajstić information content (AvgIpc) is 2.32. The van der Waals surface area contributed by atoms with Crippen molar-refractivity contribution in [2.24, 2.45) is 0 Å². The van der Waals surface area contributed by atoms with Gasteiger partial charge in [0.15, 0.2) is 0 Å². The highest BCUT2D eigenvalue weighted by atomic mass is 35.5. The van der Waals surface area contributed by atoms with Crippen LogP contribution in [0.2, 0.25) is 5.02 Å². The lowest BCUT2D eigenvalue weighted by atomic mass is 10.3. The lowest BCUT2D eigenvalue weighted by molar-refractivity contribution is 1.18. The molecule has 0 fully saturated rings. The number of hydrogen-bond acceptors (Lipinski definition) is 2. The van der Waals surface area contributed by atoms with Gasteiger partial charge in [-0.15, -0.1) is 0 Å². The SMILES string of the molecule is Cc1cccc(C(=S)Nc2ccc(Cl)cc2)n1. The fourth-order valence-corrected chi connectivity index (χ4v) is 1.76. The first-order valence-corrected chi connectivity index (χ1v) is 5.94. The van der Waals surface area contributed by atoms with Crippen LogP contribution in [0.25, 0.3) is 0 Å². The van der Waals surface area contributed by atoms with E-state index in [0.717, 1.165) is 17.1 Å². The third-order valence-corrected chi connectivity index (χ3v) is 2.79. The van der Waals surface area contributed by atoms with Gasteiger partial charge in [0.25, 0.3) is 0 Å². The van der Waals surface area contributed by atoms with E-state index in [1.54, 1.807) is 0 Å². The number of rotatable bonds is 2. The van der Waals surface area contributed by atoms with Gasteiger partial charge in [0.1, 0.15) is 4.99 Å². The summed E-state index contributed by atoms with van der Waals surface area (Å²) in [6, 6.07) is 13.2. The van der Waals surface area contributed by atoms with Crippen molar-refractivity contribution in [2.75, 3.05) is 5.32 Å². The van der Waals surface area contributed by atoms with Crippen LogP contribution in [-0.2, 0) is 0 Å². The van der Waals surface area contributed by atoms with E-state index in [2.05, 4.69) is 10.3 Å². The highest BCUT2D eigenvalue weighted by Crippen LogP contribution is 2.14. The minimum atomic E-state index is 0.607. The molecule has 2 aromatic rings. The first-order valence-electron chi connectivity index (χ1n) is 5.16. The number of thiocarbonyl (C=S) groups is 1. The number of benzene rings is 1. The molecule has 1 N–H and O–H groups in total. The fourth-order valence-electron chi connectivity index (χ4n) is 1.40. The minimum Gasteiger partial charge on any atom is -0.345 e. The second-order valence-corrected chi connectivity index (χ2v) is 4.47. The van der Waals surface area contributed by atoms with E-state index in [1.165, 1.54) is 0 Å². The Morgan fingerprint density at radius 2 is 1.88 bits per heavy atom. The highest BCUT2D eigenvalue weighted by molar-refractivity contribution is 7.81. The molecule has 17 heavy (non-hydrogen) atoms. The Balaban J connectivity index is 2.14. The predicted octanol–water partition coefficient (Wildman–Crippen LogP) is 3.83. The van der Waals surface area contributed by atoms with E-state index in [1.807, 2.05) is 49.4 Å². The van der Waals surface area contributed by atoms with Gasteiger partial charge in [-0.1, -0.05) is 29.9 Å². The molecule has 4 heteroatoms. The largest absolute Gasteiger partial charge is 0.345 e. The molecule has 0 atom stereocenters. The molecule has 0 bridgehead atoms. The number of nitrogens with one attached hydrogen (secondary N) is 1. The summed E-state index contributed by atoms with van der Waals surface area (Å²) >= 11 is 11.1. The number of anilines is 1. The Morgan fingerprint density at radius 1 is 1.18 bits per heavy atom. The molecular formula is C13H11ClN2S. The minimum absolute atomic E-state index is 0.607. The summed E-state index contributed by atoms with van der Waals surface area (Å²) in [6.45, 7) is 1.94. The topological polar surface area (TPSA) is 24.9 Å².